The summed E-state index contributed by atoms with van der Waals surface area (Å²) in [5.41, 5.74) is -1.54. The number of carbonyl (C=O) groups is 1. The lowest BCUT2D eigenvalue weighted by molar-refractivity contribution is -0.246. The zero-order valence-corrected chi connectivity index (χ0v) is 27.8. The normalized spacial score (nSPS) is 51.6. The van der Waals surface area contributed by atoms with Crippen molar-refractivity contribution >= 4 is 5.97 Å². The van der Waals surface area contributed by atoms with Crippen LogP contribution in [0.15, 0.2) is 12.2 Å². The first-order valence-corrected chi connectivity index (χ1v) is 17.2. The zero-order chi connectivity index (χ0) is 31.5. The van der Waals surface area contributed by atoms with Gasteiger partial charge in [0.05, 0.1) is 23.7 Å². The van der Waals surface area contributed by atoms with Gasteiger partial charge < -0.3 is 29.9 Å². The molecule has 0 bridgehead atoms. The Morgan fingerprint density at radius 3 is 2.37 bits per heavy atom. The Bertz CT molecular complexity index is 1140. The van der Waals surface area contributed by atoms with Crippen molar-refractivity contribution in [3.63, 3.8) is 0 Å². The first-order valence-electron chi connectivity index (χ1n) is 17.2. The van der Waals surface area contributed by atoms with Crippen LogP contribution < -0.4 is 0 Å². The molecule has 6 rings (SSSR count). The summed E-state index contributed by atoms with van der Waals surface area (Å²) in [6, 6.07) is 0. The van der Waals surface area contributed by atoms with E-state index >= 15 is 0 Å². The highest BCUT2D eigenvalue weighted by molar-refractivity contribution is 5.74. The average molecular weight is 603 g/mol. The number of aliphatic hydroxyl groups excluding tert-OH is 3. The molecule has 0 amide bonds. The molecule has 4 N–H and O–H groups in total. The molecule has 1 heterocycles. The van der Waals surface area contributed by atoms with Crippen LogP contribution in [0.25, 0.3) is 0 Å². The first kappa shape index (κ1) is 32.0. The van der Waals surface area contributed by atoms with Gasteiger partial charge in [0.25, 0.3) is 0 Å². The van der Waals surface area contributed by atoms with Gasteiger partial charge in [-0.15, -0.1) is 0 Å². The molecule has 0 spiro atoms. The molecule has 6 aliphatic rings. The predicted octanol–water partition coefficient (Wildman–Crippen LogP) is 5.38. The molecule has 1 aliphatic heterocycles. The minimum absolute atomic E-state index is 0.0504. The number of fused-ring (bicyclic) bond motifs is 3. The van der Waals surface area contributed by atoms with Crippen LogP contribution in [-0.4, -0.2) is 62.7 Å². The number of hydrogen-bond donors (Lipinski definition) is 4. The molecular formula is C36H58O7. The maximum atomic E-state index is 12.9. The number of aliphatic hydroxyl groups is 4. The molecule has 0 radical (unpaired) electrons. The van der Waals surface area contributed by atoms with E-state index in [1.54, 1.807) is 13.8 Å². The number of ether oxygens (including phenoxy) is 2. The van der Waals surface area contributed by atoms with E-state index in [0.717, 1.165) is 51.4 Å². The quantitative estimate of drug-likeness (QED) is 0.238. The molecule has 7 heteroatoms. The van der Waals surface area contributed by atoms with E-state index in [1.165, 1.54) is 0 Å². The molecule has 0 aromatic heterocycles. The Morgan fingerprint density at radius 1 is 1.02 bits per heavy atom. The van der Waals surface area contributed by atoms with Gasteiger partial charge in [0.1, 0.15) is 12.2 Å². The fraction of sp³-hybridized carbons (Fsp3) is 0.917. The minimum atomic E-state index is -1.30. The van der Waals surface area contributed by atoms with Crippen molar-refractivity contribution in [3.05, 3.63) is 12.2 Å². The van der Waals surface area contributed by atoms with Gasteiger partial charge in [-0.1, -0.05) is 39.8 Å². The lowest BCUT2D eigenvalue weighted by Gasteiger charge is -2.68. The Labute approximate surface area is 258 Å². The Balaban J connectivity index is 1.24. The van der Waals surface area contributed by atoms with Crippen LogP contribution in [0.4, 0.5) is 0 Å². The highest BCUT2D eigenvalue weighted by Crippen LogP contribution is 2.91. The van der Waals surface area contributed by atoms with Gasteiger partial charge in [-0.25, -0.2) is 0 Å². The second-order valence-electron chi connectivity index (χ2n) is 17.4. The van der Waals surface area contributed by atoms with Crippen molar-refractivity contribution in [2.75, 3.05) is 0 Å². The Morgan fingerprint density at radius 2 is 1.72 bits per heavy atom. The average Bonchev–Trinajstić information content (AvgIpc) is 3.29. The highest BCUT2D eigenvalue weighted by Gasteiger charge is 2.85. The van der Waals surface area contributed by atoms with Crippen LogP contribution >= 0.6 is 0 Å². The highest BCUT2D eigenvalue weighted by atomic mass is 16.6. The molecule has 5 saturated carbocycles. The first-order chi connectivity index (χ1) is 19.9. The van der Waals surface area contributed by atoms with E-state index in [9.17, 15) is 25.2 Å². The number of allylic oxidation sites excluding steroid dienone is 1. The molecule has 14 atom stereocenters. The summed E-state index contributed by atoms with van der Waals surface area (Å²) in [7, 11) is 0. The number of rotatable bonds is 6. The van der Waals surface area contributed by atoms with Gasteiger partial charge in [0, 0.05) is 16.7 Å². The van der Waals surface area contributed by atoms with E-state index in [-0.39, 0.29) is 56.9 Å². The van der Waals surface area contributed by atoms with E-state index in [4.69, 9.17) is 9.47 Å². The van der Waals surface area contributed by atoms with Gasteiger partial charge in [-0.2, -0.15) is 0 Å². The summed E-state index contributed by atoms with van der Waals surface area (Å²) in [6.45, 7) is 16.4. The van der Waals surface area contributed by atoms with Gasteiger partial charge in [-0.3, -0.25) is 4.79 Å². The zero-order valence-electron chi connectivity index (χ0n) is 27.8. The van der Waals surface area contributed by atoms with Gasteiger partial charge >= 0.3 is 5.97 Å². The Kier molecular flexibility index (Phi) is 7.44. The molecule has 5 aliphatic carbocycles. The van der Waals surface area contributed by atoms with E-state index in [1.807, 2.05) is 26.0 Å². The van der Waals surface area contributed by atoms with Crippen LogP contribution in [0, 0.1) is 56.7 Å². The number of carbonyl (C=O) groups excluding carboxylic acids is 1. The number of hydrogen-bond acceptors (Lipinski definition) is 7. The smallest absolute Gasteiger partial charge is 0.312 e. The van der Waals surface area contributed by atoms with Crippen LogP contribution in [0.2, 0.25) is 0 Å². The van der Waals surface area contributed by atoms with Crippen molar-refractivity contribution in [3.8, 4) is 0 Å². The van der Waals surface area contributed by atoms with Crippen molar-refractivity contribution in [1.29, 1.82) is 0 Å². The van der Waals surface area contributed by atoms with E-state index in [0.29, 0.717) is 18.3 Å². The second-order valence-corrected chi connectivity index (χ2v) is 17.4. The monoisotopic (exact) mass is 602 g/mol. The molecule has 5 unspecified atom stereocenters. The molecule has 1 saturated heterocycles. The maximum Gasteiger partial charge on any atom is 0.312 e. The van der Waals surface area contributed by atoms with Crippen LogP contribution in [0.5, 0.6) is 0 Å². The lowest BCUT2D eigenvalue weighted by atomic mass is 9.37. The predicted molar refractivity (Wildman–Crippen MR) is 163 cm³/mol. The van der Waals surface area contributed by atoms with Gasteiger partial charge in [0.2, 0.25) is 0 Å². The van der Waals surface area contributed by atoms with Crippen molar-refractivity contribution in [2.45, 2.75) is 149 Å². The third-order valence-electron chi connectivity index (χ3n) is 15.0. The SMILES string of the molecule is C/C=C\C(C)C(=O)O[C@H]1CC[C@]2(C)[C@H]3CC[C@]45C[C@]4(CC[C@H]5C4CC(C(O)C(C)(C)O)OC4O)[C@]3(C)[C@H](O)C[C@H]2C1(C)C. The summed E-state index contributed by atoms with van der Waals surface area (Å²) in [4.78, 5) is 12.9. The van der Waals surface area contributed by atoms with Crippen LogP contribution in [0.1, 0.15) is 113 Å². The standard InChI is InChI=1S/C36H58O7/c1-9-10-20(2)29(39)43-27-13-14-33(7)24-12-15-35-19-36(35,34(24,8)26(37)18-25(33)31(27,3)4)16-11-22(35)21-17-23(42-30(21)40)28(38)32(5,6)41/h9-10,20-28,30,37-38,40-41H,11-19H2,1-8H3/b10-9-/t20?,21?,22-,23?,24+,25-,26+,27-,28?,30?,33+,34-,35+,36+/m0/s1. The third kappa shape index (κ3) is 4.19. The molecular weight excluding hydrogens is 544 g/mol. The third-order valence-corrected chi connectivity index (χ3v) is 15.0. The molecule has 0 aromatic carbocycles. The van der Waals surface area contributed by atoms with Crippen LogP contribution in [-0.2, 0) is 14.3 Å². The van der Waals surface area contributed by atoms with Crippen molar-refractivity contribution < 1.29 is 34.7 Å². The lowest BCUT2D eigenvalue weighted by Crippen LogP contribution is -2.66. The summed E-state index contributed by atoms with van der Waals surface area (Å²) in [5.74, 6) is 0.448. The minimum Gasteiger partial charge on any atom is -0.461 e. The molecule has 0 aromatic rings. The second kappa shape index (κ2) is 10.0. The van der Waals surface area contributed by atoms with Crippen molar-refractivity contribution in [1.82, 2.24) is 0 Å². The van der Waals surface area contributed by atoms with Crippen molar-refractivity contribution in [2.24, 2.45) is 56.7 Å². The topological polar surface area (TPSA) is 116 Å². The summed E-state index contributed by atoms with van der Waals surface area (Å²) in [6.07, 6.45) is 9.14. The Hall–Kier alpha value is -0.990. The molecule has 244 valence electrons. The van der Waals surface area contributed by atoms with E-state index in [2.05, 4.69) is 27.7 Å². The summed E-state index contributed by atoms with van der Waals surface area (Å²) >= 11 is 0. The van der Waals surface area contributed by atoms with E-state index < -0.39 is 30.2 Å². The van der Waals surface area contributed by atoms with Gasteiger partial charge in [-0.05, 0) is 119 Å². The molecule has 6 fully saturated rings. The maximum absolute atomic E-state index is 12.9. The largest absolute Gasteiger partial charge is 0.461 e. The summed E-state index contributed by atoms with van der Waals surface area (Å²) in [5, 5.41) is 44.5. The van der Waals surface area contributed by atoms with Crippen LogP contribution in [0.3, 0.4) is 0 Å². The van der Waals surface area contributed by atoms with Gasteiger partial charge in [0.15, 0.2) is 6.29 Å². The molecule has 7 nitrogen and oxygen atoms in total. The number of esters is 1. The fourth-order valence-corrected chi connectivity index (χ4v) is 12.8. The summed E-state index contributed by atoms with van der Waals surface area (Å²) < 4.78 is 12.1. The molecule has 43 heavy (non-hydrogen) atoms. The fourth-order valence-electron chi connectivity index (χ4n) is 12.8.